The summed E-state index contributed by atoms with van der Waals surface area (Å²) < 4.78 is 26.6. The number of hydrogen-bond acceptors (Lipinski definition) is 3. The second-order valence-electron chi connectivity index (χ2n) is 6.39. The first-order valence-corrected chi connectivity index (χ1v) is 10.3. The van der Waals surface area contributed by atoms with E-state index < -0.39 is 14.4 Å². The zero-order chi connectivity index (χ0) is 16.5. The van der Waals surface area contributed by atoms with Crippen LogP contribution in [0.5, 0.6) is 0 Å². The first-order valence-electron chi connectivity index (χ1n) is 8.11. The van der Waals surface area contributed by atoms with E-state index in [0.717, 1.165) is 37.8 Å². The molecule has 1 heterocycles. The van der Waals surface area contributed by atoms with Gasteiger partial charge < -0.3 is 5.32 Å². The highest BCUT2D eigenvalue weighted by Crippen LogP contribution is 2.52. The molecule has 1 saturated carbocycles. The number of halogens is 2. The fraction of sp³-hybridized carbons (Fsp3) is 0.625. The van der Waals surface area contributed by atoms with Crippen LogP contribution in [-0.4, -0.2) is 36.7 Å². The molecular weight excluding hydrogens is 355 g/mol. The van der Waals surface area contributed by atoms with Gasteiger partial charge in [0.05, 0.1) is 4.90 Å². The lowest BCUT2D eigenvalue weighted by molar-refractivity contribution is 0.424. The first kappa shape index (κ1) is 17.3. The lowest BCUT2D eigenvalue weighted by Crippen LogP contribution is -2.31. The summed E-state index contributed by atoms with van der Waals surface area (Å²) in [6.07, 6.45) is 4.86. The molecule has 0 amide bonds. The average Bonchev–Trinajstić information content (AvgIpc) is 3.22. The van der Waals surface area contributed by atoms with Gasteiger partial charge in [0.1, 0.15) is 4.33 Å². The molecule has 1 unspecified atom stereocenters. The van der Waals surface area contributed by atoms with Crippen LogP contribution in [0.3, 0.4) is 0 Å². The molecule has 2 fully saturated rings. The number of anilines is 1. The van der Waals surface area contributed by atoms with Crippen molar-refractivity contribution in [3.63, 3.8) is 0 Å². The SMILES string of the molecule is O=S(=O)(c1cccc(NCC2CC2(Cl)Cl)c1)N1CCCCCC1. The fourth-order valence-electron chi connectivity index (χ4n) is 2.93. The molecule has 0 aromatic heterocycles. The Kier molecular flexibility index (Phi) is 5.12. The minimum atomic E-state index is -3.41. The molecule has 23 heavy (non-hydrogen) atoms. The molecule has 128 valence electrons. The summed E-state index contributed by atoms with van der Waals surface area (Å²) in [4.78, 5) is 0.350. The molecule has 1 aliphatic carbocycles. The Morgan fingerprint density at radius 3 is 2.43 bits per heavy atom. The van der Waals surface area contributed by atoms with Crippen molar-refractivity contribution in [3.05, 3.63) is 24.3 Å². The zero-order valence-corrected chi connectivity index (χ0v) is 15.3. The second kappa shape index (κ2) is 6.79. The average molecular weight is 377 g/mol. The molecule has 1 aromatic carbocycles. The molecule has 1 saturated heterocycles. The highest BCUT2D eigenvalue weighted by Gasteiger charge is 2.51. The number of nitrogens with one attached hydrogen (secondary N) is 1. The van der Waals surface area contributed by atoms with Crippen LogP contribution in [0.1, 0.15) is 32.1 Å². The lowest BCUT2D eigenvalue weighted by atomic mass is 10.2. The second-order valence-corrected chi connectivity index (χ2v) is 9.87. The molecule has 1 aromatic rings. The van der Waals surface area contributed by atoms with Crippen LogP contribution in [-0.2, 0) is 10.0 Å². The number of sulfonamides is 1. The molecule has 0 radical (unpaired) electrons. The summed E-state index contributed by atoms with van der Waals surface area (Å²) in [5.41, 5.74) is 0.789. The number of hydrogen-bond donors (Lipinski definition) is 1. The number of rotatable bonds is 5. The van der Waals surface area contributed by atoms with Crippen LogP contribution in [0.15, 0.2) is 29.2 Å². The normalized spacial score (nSPS) is 24.9. The Morgan fingerprint density at radius 2 is 1.83 bits per heavy atom. The van der Waals surface area contributed by atoms with E-state index in [2.05, 4.69) is 5.32 Å². The Labute approximate surface area is 148 Å². The molecule has 1 atom stereocenters. The summed E-state index contributed by atoms with van der Waals surface area (Å²) in [5.74, 6) is 0.219. The summed E-state index contributed by atoms with van der Waals surface area (Å²) >= 11 is 12.0. The standard InChI is InChI=1S/C16H22Cl2N2O2S/c17-16(18)11-13(16)12-19-14-6-5-7-15(10-14)23(21,22)20-8-3-1-2-4-9-20/h5-7,10,13,19H,1-4,8-9,11-12H2. The predicted octanol–water partition coefficient (Wildman–Crippen LogP) is 3.86. The van der Waals surface area contributed by atoms with E-state index >= 15 is 0 Å². The molecule has 1 aliphatic heterocycles. The lowest BCUT2D eigenvalue weighted by Gasteiger charge is -2.20. The van der Waals surface area contributed by atoms with Crippen LogP contribution in [0.4, 0.5) is 5.69 Å². The minimum Gasteiger partial charge on any atom is -0.385 e. The molecule has 7 heteroatoms. The van der Waals surface area contributed by atoms with Crippen molar-refractivity contribution in [2.24, 2.45) is 5.92 Å². The Balaban J connectivity index is 1.70. The van der Waals surface area contributed by atoms with Gasteiger partial charge in [-0.1, -0.05) is 18.9 Å². The van der Waals surface area contributed by atoms with Gasteiger partial charge in [0, 0.05) is 31.2 Å². The maximum Gasteiger partial charge on any atom is 0.243 e. The summed E-state index contributed by atoms with van der Waals surface area (Å²) in [5, 5.41) is 3.24. The van der Waals surface area contributed by atoms with Crippen molar-refractivity contribution in [3.8, 4) is 0 Å². The molecule has 4 nitrogen and oxygen atoms in total. The molecule has 2 aliphatic rings. The van der Waals surface area contributed by atoms with Crippen molar-refractivity contribution in [1.29, 1.82) is 0 Å². The number of alkyl halides is 2. The van der Waals surface area contributed by atoms with Gasteiger partial charge in [-0.25, -0.2) is 8.42 Å². The van der Waals surface area contributed by atoms with Gasteiger partial charge in [0.2, 0.25) is 10.0 Å². The molecule has 0 bridgehead atoms. The Hall–Kier alpha value is -0.490. The summed E-state index contributed by atoms with van der Waals surface area (Å²) in [6, 6.07) is 7.01. The van der Waals surface area contributed by atoms with Crippen LogP contribution in [0, 0.1) is 5.92 Å². The highest BCUT2D eigenvalue weighted by atomic mass is 35.5. The van der Waals surface area contributed by atoms with Crippen LogP contribution in [0.25, 0.3) is 0 Å². The molecule has 0 spiro atoms. The zero-order valence-electron chi connectivity index (χ0n) is 13.0. The van der Waals surface area contributed by atoms with Gasteiger partial charge in [-0.05, 0) is 37.5 Å². The van der Waals surface area contributed by atoms with E-state index in [1.807, 2.05) is 6.07 Å². The van der Waals surface area contributed by atoms with Crippen LogP contribution in [0.2, 0.25) is 0 Å². The topological polar surface area (TPSA) is 49.4 Å². The van der Waals surface area contributed by atoms with E-state index in [1.165, 1.54) is 0 Å². The summed E-state index contributed by atoms with van der Waals surface area (Å²) in [7, 11) is -3.41. The first-order chi connectivity index (χ1) is 10.9. The third-order valence-corrected chi connectivity index (χ3v) is 7.37. The largest absolute Gasteiger partial charge is 0.385 e. The smallest absolute Gasteiger partial charge is 0.243 e. The van der Waals surface area contributed by atoms with Crippen LogP contribution >= 0.6 is 23.2 Å². The molecular formula is C16H22Cl2N2O2S. The summed E-state index contributed by atoms with van der Waals surface area (Å²) in [6.45, 7) is 1.88. The van der Waals surface area contributed by atoms with Gasteiger partial charge in [0.15, 0.2) is 0 Å². The van der Waals surface area contributed by atoms with Crippen molar-refractivity contribution in [2.45, 2.75) is 41.3 Å². The maximum atomic E-state index is 12.8. The van der Waals surface area contributed by atoms with E-state index in [4.69, 9.17) is 23.2 Å². The van der Waals surface area contributed by atoms with Crippen molar-refractivity contribution in [1.82, 2.24) is 4.31 Å². The Morgan fingerprint density at radius 1 is 1.17 bits per heavy atom. The van der Waals surface area contributed by atoms with Crippen molar-refractivity contribution >= 4 is 38.9 Å². The van der Waals surface area contributed by atoms with Crippen molar-refractivity contribution in [2.75, 3.05) is 25.0 Å². The third-order valence-electron chi connectivity index (χ3n) is 4.55. The Bertz CT molecular complexity index is 656. The maximum absolute atomic E-state index is 12.8. The van der Waals surface area contributed by atoms with E-state index in [0.29, 0.717) is 24.5 Å². The van der Waals surface area contributed by atoms with Crippen LogP contribution < -0.4 is 5.32 Å². The quantitative estimate of drug-likeness (QED) is 0.793. The predicted molar refractivity (Wildman–Crippen MR) is 94.7 cm³/mol. The molecule has 3 rings (SSSR count). The number of benzene rings is 1. The van der Waals surface area contributed by atoms with Gasteiger partial charge in [0.25, 0.3) is 0 Å². The van der Waals surface area contributed by atoms with Gasteiger partial charge in [-0.15, -0.1) is 23.2 Å². The van der Waals surface area contributed by atoms with Gasteiger partial charge in [-0.3, -0.25) is 0 Å². The fourth-order valence-corrected chi connectivity index (χ4v) is 5.02. The number of nitrogens with zero attached hydrogens (tertiary/aromatic N) is 1. The third kappa shape index (κ3) is 4.13. The highest BCUT2D eigenvalue weighted by molar-refractivity contribution is 7.89. The molecule has 1 N–H and O–H groups in total. The van der Waals surface area contributed by atoms with Gasteiger partial charge >= 0.3 is 0 Å². The van der Waals surface area contributed by atoms with E-state index in [-0.39, 0.29) is 5.92 Å². The minimum absolute atomic E-state index is 0.219. The van der Waals surface area contributed by atoms with Crippen molar-refractivity contribution < 1.29 is 8.42 Å². The van der Waals surface area contributed by atoms with Gasteiger partial charge in [-0.2, -0.15) is 4.31 Å². The van der Waals surface area contributed by atoms with E-state index in [1.54, 1.807) is 22.5 Å². The monoisotopic (exact) mass is 376 g/mol. The van der Waals surface area contributed by atoms with E-state index in [9.17, 15) is 8.42 Å².